The molecule has 1 aromatic carbocycles. The molecule has 0 unspecified atom stereocenters. The number of anilines is 1. The van der Waals surface area contributed by atoms with Gasteiger partial charge in [-0.25, -0.2) is 4.79 Å². The number of hydrogen-bond donors (Lipinski definition) is 3. The number of aliphatic hydroxyl groups is 1. The molecule has 0 aromatic heterocycles. The molecule has 0 spiro atoms. The molecule has 3 N–H and O–H groups in total. The van der Waals surface area contributed by atoms with Gasteiger partial charge in [0, 0.05) is 25.8 Å². The number of hydrogen-bond acceptors (Lipinski definition) is 3. The van der Waals surface area contributed by atoms with Crippen molar-refractivity contribution >= 4 is 11.7 Å². The summed E-state index contributed by atoms with van der Waals surface area (Å²) in [4.78, 5) is 13.3. The van der Waals surface area contributed by atoms with Gasteiger partial charge in [0.05, 0.1) is 17.7 Å². The van der Waals surface area contributed by atoms with Gasteiger partial charge in [0.1, 0.15) is 0 Å². The number of benzene rings is 1. The van der Waals surface area contributed by atoms with Crippen molar-refractivity contribution in [1.29, 1.82) is 0 Å². The third-order valence-corrected chi connectivity index (χ3v) is 3.43. The van der Waals surface area contributed by atoms with Crippen LogP contribution in [0.4, 0.5) is 23.7 Å². The number of rotatable bonds is 2. The van der Waals surface area contributed by atoms with Crippen molar-refractivity contribution in [2.75, 3.05) is 25.5 Å². The van der Waals surface area contributed by atoms with E-state index in [1.165, 1.54) is 24.1 Å². The molecule has 8 heteroatoms. The average molecular weight is 303 g/mol. The van der Waals surface area contributed by atoms with E-state index in [0.29, 0.717) is 13.1 Å². The van der Waals surface area contributed by atoms with Gasteiger partial charge in [-0.1, -0.05) is 0 Å². The Balaban J connectivity index is 1.99. The van der Waals surface area contributed by atoms with Crippen LogP contribution in [0, 0.1) is 0 Å². The zero-order valence-corrected chi connectivity index (χ0v) is 11.3. The van der Waals surface area contributed by atoms with Crippen LogP contribution in [-0.2, 0) is 6.18 Å². The molecule has 21 heavy (non-hydrogen) atoms. The third-order valence-electron chi connectivity index (χ3n) is 3.43. The normalized spacial score (nSPS) is 22.1. The maximum absolute atomic E-state index is 12.4. The summed E-state index contributed by atoms with van der Waals surface area (Å²) >= 11 is 0. The lowest BCUT2D eigenvalue weighted by Crippen LogP contribution is -2.46. The van der Waals surface area contributed by atoms with E-state index in [-0.39, 0.29) is 11.7 Å². The highest BCUT2D eigenvalue weighted by molar-refractivity contribution is 5.89. The summed E-state index contributed by atoms with van der Waals surface area (Å²) in [6.45, 7) is 0.876. The van der Waals surface area contributed by atoms with Gasteiger partial charge in [0.15, 0.2) is 0 Å². The number of likely N-dealkylation sites (N-methyl/N-ethyl adjacent to an activating group) is 1. The molecule has 1 fully saturated rings. The summed E-state index contributed by atoms with van der Waals surface area (Å²) in [5.41, 5.74) is -0.510. The van der Waals surface area contributed by atoms with E-state index in [4.69, 9.17) is 0 Å². The molecule has 0 radical (unpaired) electrons. The van der Waals surface area contributed by atoms with E-state index in [2.05, 4.69) is 10.6 Å². The van der Waals surface area contributed by atoms with Gasteiger partial charge in [0.2, 0.25) is 0 Å². The third kappa shape index (κ3) is 3.64. The Bertz CT molecular complexity index is 504. The fraction of sp³-hybridized carbons (Fsp3) is 0.462. The van der Waals surface area contributed by atoms with Crippen LogP contribution < -0.4 is 10.6 Å². The molecule has 2 atom stereocenters. The second-order valence-corrected chi connectivity index (χ2v) is 4.91. The summed E-state index contributed by atoms with van der Waals surface area (Å²) in [5, 5.41) is 15.1. The molecule has 2 amide bonds. The molecule has 5 nitrogen and oxygen atoms in total. The van der Waals surface area contributed by atoms with Gasteiger partial charge in [-0.05, 0) is 24.3 Å². The van der Waals surface area contributed by atoms with Gasteiger partial charge >= 0.3 is 12.2 Å². The predicted molar refractivity (Wildman–Crippen MR) is 70.9 cm³/mol. The highest BCUT2D eigenvalue weighted by Crippen LogP contribution is 2.29. The molecular formula is C13H16F3N3O2. The van der Waals surface area contributed by atoms with Crippen molar-refractivity contribution in [2.24, 2.45) is 0 Å². The van der Waals surface area contributed by atoms with Crippen LogP contribution in [0.5, 0.6) is 0 Å². The fourth-order valence-electron chi connectivity index (χ4n) is 2.15. The maximum atomic E-state index is 12.4. The standard InChI is InChI=1S/C13H16F3N3O2/c1-19(10-6-17-7-11(10)20)12(21)18-9-4-2-8(3-5-9)13(14,15)16/h2-5,10-11,17,20H,6-7H2,1H3,(H,18,21)/t10-,11-/m0/s1. The second kappa shape index (κ2) is 5.90. The topological polar surface area (TPSA) is 64.6 Å². The molecule has 0 bridgehead atoms. The minimum absolute atomic E-state index is 0.264. The van der Waals surface area contributed by atoms with Gasteiger partial charge in [-0.3, -0.25) is 0 Å². The number of halogens is 3. The highest BCUT2D eigenvalue weighted by atomic mass is 19.4. The van der Waals surface area contributed by atoms with Crippen molar-refractivity contribution in [3.05, 3.63) is 29.8 Å². The van der Waals surface area contributed by atoms with E-state index in [0.717, 1.165) is 12.1 Å². The molecule has 116 valence electrons. The predicted octanol–water partition coefficient (Wildman–Crippen LogP) is 1.50. The number of alkyl halides is 3. The molecule has 1 saturated heterocycles. The lowest BCUT2D eigenvalue weighted by Gasteiger charge is -2.26. The van der Waals surface area contributed by atoms with Crippen LogP contribution in [0.15, 0.2) is 24.3 Å². The fourth-order valence-corrected chi connectivity index (χ4v) is 2.15. The van der Waals surface area contributed by atoms with E-state index in [9.17, 15) is 23.1 Å². The van der Waals surface area contributed by atoms with Crippen molar-refractivity contribution in [1.82, 2.24) is 10.2 Å². The van der Waals surface area contributed by atoms with Crippen LogP contribution in [0.1, 0.15) is 5.56 Å². The van der Waals surface area contributed by atoms with Crippen LogP contribution in [0.25, 0.3) is 0 Å². The first-order valence-corrected chi connectivity index (χ1v) is 6.39. The van der Waals surface area contributed by atoms with Gasteiger partial charge in [-0.2, -0.15) is 13.2 Å². The summed E-state index contributed by atoms with van der Waals surface area (Å²) in [5.74, 6) is 0. The first-order chi connectivity index (χ1) is 9.79. The number of aliphatic hydroxyl groups excluding tert-OH is 1. The Labute approximate surface area is 119 Å². The zero-order chi connectivity index (χ0) is 15.6. The number of carbonyl (C=O) groups is 1. The largest absolute Gasteiger partial charge is 0.416 e. The highest BCUT2D eigenvalue weighted by Gasteiger charge is 2.32. The Morgan fingerprint density at radius 3 is 2.43 bits per heavy atom. The molecular weight excluding hydrogens is 287 g/mol. The molecule has 0 saturated carbocycles. The van der Waals surface area contributed by atoms with Crippen molar-refractivity contribution in [3.8, 4) is 0 Å². The average Bonchev–Trinajstić information content (AvgIpc) is 2.83. The van der Waals surface area contributed by atoms with Crippen LogP contribution in [-0.4, -0.2) is 48.3 Å². The zero-order valence-electron chi connectivity index (χ0n) is 11.3. The van der Waals surface area contributed by atoms with Crippen LogP contribution in [0.2, 0.25) is 0 Å². The maximum Gasteiger partial charge on any atom is 0.416 e. The number of nitrogens with zero attached hydrogens (tertiary/aromatic N) is 1. The molecule has 1 heterocycles. The second-order valence-electron chi connectivity index (χ2n) is 4.91. The van der Waals surface area contributed by atoms with Crippen LogP contribution in [0.3, 0.4) is 0 Å². The summed E-state index contributed by atoms with van der Waals surface area (Å²) in [6.07, 6.45) is -5.06. The van der Waals surface area contributed by atoms with Gasteiger partial charge < -0.3 is 20.6 Å². The van der Waals surface area contributed by atoms with Crippen molar-refractivity contribution in [3.63, 3.8) is 0 Å². The molecule has 1 aliphatic heterocycles. The summed E-state index contributed by atoms with van der Waals surface area (Å²) in [6, 6.07) is 3.35. The Kier molecular flexibility index (Phi) is 4.38. The molecule has 1 aromatic rings. The molecule has 1 aliphatic rings. The molecule has 2 rings (SSSR count). The minimum atomic E-state index is -4.40. The quantitative estimate of drug-likeness (QED) is 0.776. The number of nitrogens with one attached hydrogen (secondary N) is 2. The minimum Gasteiger partial charge on any atom is -0.390 e. The Morgan fingerprint density at radius 2 is 1.95 bits per heavy atom. The van der Waals surface area contributed by atoms with E-state index in [1.807, 2.05) is 0 Å². The van der Waals surface area contributed by atoms with Crippen molar-refractivity contribution in [2.45, 2.75) is 18.3 Å². The Morgan fingerprint density at radius 1 is 1.33 bits per heavy atom. The SMILES string of the molecule is CN(C(=O)Nc1ccc(C(F)(F)F)cc1)[C@H]1CNC[C@@H]1O. The lowest BCUT2D eigenvalue weighted by molar-refractivity contribution is -0.137. The number of β-amino-alcohol motifs (C(OH)–C–C–N with tert-alkyl or cyclic N) is 1. The Hall–Kier alpha value is -1.80. The first-order valence-electron chi connectivity index (χ1n) is 6.39. The van der Waals surface area contributed by atoms with Gasteiger partial charge in [-0.15, -0.1) is 0 Å². The monoisotopic (exact) mass is 303 g/mol. The van der Waals surface area contributed by atoms with E-state index < -0.39 is 23.9 Å². The molecule has 0 aliphatic carbocycles. The van der Waals surface area contributed by atoms with E-state index >= 15 is 0 Å². The number of amides is 2. The number of carbonyl (C=O) groups excluding carboxylic acids is 1. The summed E-state index contributed by atoms with van der Waals surface area (Å²) < 4.78 is 37.3. The van der Waals surface area contributed by atoms with Crippen molar-refractivity contribution < 1.29 is 23.1 Å². The van der Waals surface area contributed by atoms with Gasteiger partial charge in [0.25, 0.3) is 0 Å². The lowest BCUT2D eigenvalue weighted by atomic mass is 10.2. The van der Waals surface area contributed by atoms with Crippen LogP contribution >= 0.6 is 0 Å². The first kappa shape index (κ1) is 15.6. The number of urea groups is 1. The smallest absolute Gasteiger partial charge is 0.390 e. The summed E-state index contributed by atoms with van der Waals surface area (Å²) in [7, 11) is 1.53. The van der Waals surface area contributed by atoms with E-state index in [1.54, 1.807) is 0 Å².